The van der Waals surface area contributed by atoms with E-state index in [2.05, 4.69) is 22.5 Å². The fraction of sp³-hybridized carbons (Fsp3) is 0.333. The summed E-state index contributed by atoms with van der Waals surface area (Å²) in [5, 5.41) is 6.08. The molecule has 3 rings (SSSR count). The van der Waals surface area contributed by atoms with Gasteiger partial charge in [0.25, 0.3) is 5.91 Å². The zero-order valence-electron chi connectivity index (χ0n) is 13.7. The summed E-state index contributed by atoms with van der Waals surface area (Å²) in [5.74, 6) is 1.90. The van der Waals surface area contributed by atoms with Crippen molar-refractivity contribution in [3.8, 4) is 11.5 Å². The van der Waals surface area contributed by atoms with Crippen LogP contribution in [0.25, 0.3) is 0 Å². The van der Waals surface area contributed by atoms with Crippen molar-refractivity contribution in [2.45, 2.75) is 26.2 Å². The Morgan fingerprint density at radius 2 is 2.04 bits per heavy atom. The zero-order chi connectivity index (χ0) is 16.8. The molecule has 1 amide bonds. The molecule has 1 aromatic heterocycles. The predicted octanol–water partition coefficient (Wildman–Crippen LogP) is 3.66. The first kappa shape index (κ1) is 16.1. The normalized spacial score (nSPS) is 12.0. The molecular weight excluding hydrogens is 306 g/mol. The van der Waals surface area contributed by atoms with E-state index in [9.17, 15) is 4.79 Å². The fourth-order valence-corrected chi connectivity index (χ4v) is 2.40. The van der Waals surface area contributed by atoms with Gasteiger partial charge in [0.15, 0.2) is 11.5 Å². The number of carbonyl (C=O) groups excluding carboxylic acids is 1. The molecule has 0 aliphatic carbocycles. The third-order valence-corrected chi connectivity index (χ3v) is 3.74. The molecule has 1 aliphatic rings. The van der Waals surface area contributed by atoms with Gasteiger partial charge >= 0.3 is 0 Å². The standard InChI is InChI=1S/C18H21N3O3/c1-2-3-4-9-19-17-8-5-13(11-20-17)18(22)21-14-6-7-15-16(10-14)24-12-23-15/h5-8,10-11H,2-4,9,12H2,1H3,(H,19,20)(H,21,22). The van der Waals surface area contributed by atoms with Crippen LogP contribution in [-0.2, 0) is 0 Å². The molecule has 0 saturated carbocycles. The van der Waals surface area contributed by atoms with Gasteiger partial charge in [0.2, 0.25) is 6.79 Å². The van der Waals surface area contributed by atoms with Crippen molar-refractivity contribution >= 4 is 17.4 Å². The lowest BCUT2D eigenvalue weighted by Gasteiger charge is -2.08. The molecule has 0 radical (unpaired) electrons. The lowest BCUT2D eigenvalue weighted by molar-refractivity contribution is 0.102. The Bertz CT molecular complexity index is 701. The van der Waals surface area contributed by atoms with E-state index in [1.54, 1.807) is 30.5 Å². The van der Waals surface area contributed by atoms with Crippen molar-refractivity contribution in [1.29, 1.82) is 0 Å². The monoisotopic (exact) mass is 327 g/mol. The molecule has 24 heavy (non-hydrogen) atoms. The molecule has 1 aromatic carbocycles. The molecule has 1 aliphatic heterocycles. The highest BCUT2D eigenvalue weighted by molar-refractivity contribution is 6.04. The van der Waals surface area contributed by atoms with Crippen LogP contribution in [0.15, 0.2) is 36.5 Å². The minimum absolute atomic E-state index is 0.209. The summed E-state index contributed by atoms with van der Waals surface area (Å²) in [6.07, 6.45) is 5.08. The Labute approximate surface area is 141 Å². The molecule has 0 spiro atoms. The quantitative estimate of drug-likeness (QED) is 0.759. The Kier molecular flexibility index (Phi) is 5.15. The molecule has 0 unspecified atom stereocenters. The Morgan fingerprint density at radius 3 is 2.83 bits per heavy atom. The third-order valence-electron chi connectivity index (χ3n) is 3.74. The number of nitrogens with zero attached hydrogens (tertiary/aromatic N) is 1. The number of hydrogen-bond donors (Lipinski definition) is 2. The van der Waals surface area contributed by atoms with Gasteiger partial charge in [-0.3, -0.25) is 4.79 Å². The number of unbranched alkanes of at least 4 members (excludes halogenated alkanes) is 2. The smallest absolute Gasteiger partial charge is 0.257 e. The van der Waals surface area contributed by atoms with Crippen molar-refractivity contribution < 1.29 is 14.3 Å². The van der Waals surface area contributed by atoms with Gasteiger partial charge in [-0.1, -0.05) is 19.8 Å². The lowest BCUT2D eigenvalue weighted by Crippen LogP contribution is -2.12. The number of ether oxygens (including phenoxy) is 2. The fourth-order valence-electron chi connectivity index (χ4n) is 2.40. The topological polar surface area (TPSA) is 72.5 Å². The summed E-state index contributed by atoms with van der Waals surface area (Å²) in [6.45, 7) is 3.28. The zero-order valence-corrected chi connectivity index (χ0v) is 13.7. The van der Waals surface area contributed by atoms with Crippen LogP contribution in [0, 0.1) is 0 Å². The van der Waals surface area contributed by atoms with Crippen LogP contribution in [0.1, 0.15) is 36.5 Å². The minimum atomic E-state index is -0.209. The maximum Gasteiger partial charge on any atom is 0.257 e. The highest BCUT2D eigenvalue weighted by Gasteiger charge is 2.14. The average Bonchev–Trinajstić information content (AvgIpc) is 3.07. The van der Waals surface area contributed by atoms with E-state index in [-0.39, 0.29) is 12.7 Å². The first-order chi connectivity index (χ1) is 11.8. The number of pyridine rings is 1. The Morgan fingerprint density at radius 1 is 1.17 bits per heavy atom. The number of hydrogen-bond acceptors (Lipinski definition) is 5. The van der Waals surface area contributed by atoms with Gasteiger partial charge in [-0.2, -0.15) is 0 Å². The number of amides is 1. The number of aromatic nitrogens is 1. The van der Waals surface area contributed by atoms with Crippen LogP contribution in [0.4, 0.5) is 11.5 Å². The van der Waals surface area contributed by atoms with E-state index in [4.69, 9.17) is 9.47 Å². The van der Waals surface area contributed by atoms with Crippen molar-refractivity contribution in [1.82, 2.24) is 4.98 Å². The van der Waals surface area contributed by atoms with Crippen molar-refractivity contribution in [2.24, 2.45) is 0 Å². The van der Waals surface area contributed by atoms with Crippen LogP contribution in [0.3, 0.4) is 0 Å². The number of nitrogens with one attached hydrogen (secondary N) is 2. The summed E-state index contributed by atoms with van der Waals surface area (Å²) in [5.41, 5.74) is 1.16. The van der Waals surface area contributed by atoms with Crippen molar-refractivity contribution in [2.75, 3.05) is 24.0 Å². The molecule has 0 saturated heterocycles. The van der Waals surface area contributed by atoms with Crippen LogP contribution >= 0.6 is 0 Å². The lowest BCUT2D eigenvalue weighted by atomic mass is 10.2. The van der Waals surface area contributed by atoms with Gasteiger partial charge in [0.05, 0.1) is 5.56 Å². The molecule has 0 atom stereocenters. The molecule has 0 bridgehead atoms. The highest BCUT2D eigenvalue weighted by atomic mass is 16.7. The van der Waals surface area contributed by atoms with Crippen LogP contribution in [0.5, 0.6) is 11.5 Å². The molecule has 0 fully saturated rings. The van der Waals surface area contributed by atoms with Gasteiger partial charge in [0, 0.05) is 24.5 Å². The Balaban J connectivity index is 1.57. The number of anilines is 2. The first-order valence-electron chi connectivity index (χ1n) is 8.17. The number of carbonyl (C=O) groups is 1. The van der Waals surface area contributed by atoms with E-state index < -0.39 is 0 Å². The van der Waals surface area contributed by atoms with Crippen molar-refractivity contribution in [3.63, 3.8) is 0 Å². The van der Waals surface area contributed by atoms with E-state index in [0.29, 0.717) is 22.7 Å². The third kappa shape index (κ3) is 3.95. The maximum absolute atomic E-state index is 12.3. The predicted molar refractivity (Wildman–Crippen MR) is 92.8 cm³/mol. The summed E-state index contributed by atoms with van der Waals surface area (Å²) in [6, 6.07) is 8.89. The minimum Gasteiger partial charge on any atom is -0.454 e. The van der Waals surface area contributed by atoms with Crippen LogP contribution in [-0.4, -0.2) is 24.2 Å². The van der Waals surface area contributed by atoms with Gasteiger partial charge in [-0.15, -0.1) is 0 Å². The van der Waals surface area contributed by atoms with Gasteiger partial charge in [0.1, 0.15) is 5.82 Å². The summed E-state index contributed by atoms with van der Waals surface area (Å²) in [7, 11) is 0. The number of rotatable bonds is 7. The SMILES string of the molecule is CCCCCNc1ccc(C(=O)Nc2ccc3c(c2)OCO3)cn1. The van der Waals surface area contributed by atoms with E-state index in [0.717, 1.165) is 18.8 Å². The van der Waals surface area contributed by atoms with E-state index in [1.807, 2.05) is 6.07 Å². The van der Waals surface area contributed by atoms with Gasteiger partial charge in [-0.05, 0) is 30.7 Å². The first-order valence-corrected chi connectivity index (χ1v) is 8.17. The molecule has 6 heteroatoms. The molecule has 2 aromatic rings. The summed E-state index contributed by atoms with van der Waals surface area (Å²) >= 11 is 0. The second kappa shape index (κ2) is 7.68. The van der Waals surface area contributed by atoms with E-state index in [1.165, 1.54) is 12.8 Å². The average molecular weight is 327 g/mol. The largest absolute Gasteiger partial charge is 0.454 e. The number of benzene rings is 1. The molecule has 126 valence electrons. The van der Waals surface area contributed by atoms with Crippen LogP contribution < -0.4 is 20.1 Å². The maximum atomic E-state index is 12.3. The van der Waals surface area contributed by atoms with Crippen LogP contribution in [0.2, 0.25) is 0 Å². The highest BCUT2D eigenvalue weighted by Crippen LogP contribution is 2.34. The van der Waals surface area contributed by atoms with Gasteiger partial charge < -0.3 is 20.1 Å². The second-order valence-corrected chi connectivity index (χ2v) is 5.59. The summed E-state index contributed by atoms with van der Waals surface area (Å²) in [4.78, 5) is 16.6. The Hall–Kier alpha value is -2.76. The van der Waals surface area contributed by atoms with Crippen molar-refractivity contribution in [3.05, 3.63) is 42.1 Å². The number of fused-ring (bicyclic) bond motifs is 1. The molecule has 2 N–H and O–H groups in total. The molecule has 2 heterocycles. The summed E-state index contributed by atoms with van der Waals surface area (Å²) < 4.78 is 10.6. The second-order valence-electron chi connectivity index (χ2n) is 5.59. The molecular formula is C18H21N3O3. The molecule has 6 nitrogen and oxygen atoms in total. The van der Waals surface area contributed by atoms with Gasteiger partial charge in [-0.25, -0.2) is 4.98 Å². The van der Waals surface area contributed by atoms with E-state index >= 15 is 0 Å².